The first-order valence-electron chi connectivity index (χ1n) is 18.7. The van der Waals surface area contributed by atoms with Crippen LogP contribution in [0.1, 0.15) is 68.8 Å². The van der Waals surface area contributed by atoms with Crippen LogP contribution in [0.15, 0.2) is 96.2 Å². The van der Waals surface area contributed by atoms with Gasteiger partial charge in [0.15, 0.2) is 0 Å². The van der Waals surface area contributed by atoms with Crippen molar-refractivity contribution in [1.82, 2.24) is 4.57 Å². The number of ether oxygens (including phenoxy) is 1. The van der Waals surface area contributed by atoms with Crippen LogP contribution in [0.25, 0.3) is 28.1 Å². The van der Waals surface area contributed by atoms with Crippen molar-refractivity contribution in [3.8, 4) is 11.1 Å². The highest BCUT2D eigenvalue weighted by molar-refractivity contribution is 6.01. The zero-order valence-corrected chi connectivity index (χ0v) is 33.4. The van der Waals surface area contributed by atoms with Gasteiger partial charge in [-0.3, -0.25) is 4.79 Å². The second-order valence-electron chi connectivity index (χ2n) is 13.4. The summed E-state index contributed by atoms with van der Waals surface area (Å²) in [5, 5.41) is 49.5. The smallest absolute Gasteiger partial charge is 0.416 e. The Kier molecular flexibility index (Phi) is 21.4. The Morgan fingerprint density at radius 1 is 0.883 bits per heavy atom. The van der Waals surface area contributed by atoms with Crippen LogP contribution in [-0.2, 0) is 30.1 Å². The van der Waals surface area contributed by atoms with Crippen molar-refractivity contribution in [1.29, 1.82) is 0 Å². The number of alkyl halides is 3. The van der Waals surface area contributed by atoms with E-state index in [-0.39, 0.29) is 24.9 Å². The lowest BCUT2D eigenvalue weighted by Gasteiger charge is -2.15. The van der Waals surface area contributed by atoms with Crippen LogP contribution in [0.5, 0.6) is 0 Å². The lowest BCUT2D eigenvalue weighted by molar-refractivity contribution is -0.139. The van der Waals surface area contributed by atoms with Crippen LogP contribution in [0, 0.1) is 5.82 Å². The average Bonchev–Trinajstić information content (AvgIpc) is 3.52. The van der Waals surface area contributed by atoms with Gasteiger partial charge in [-0.15, -0.1) is 0 Å². The van der Waals surface area contributed by atoms with Crippen LogP contribution >= 0.6 is 0 Å². The zero-order chi connectivity index (χ0) is 44.8. The number of halogens is 4. The lowest BCUT2D eigenvalue weighted by atomic mass is 10.0. The number of hydrogen-bond acceptors (Lipinski definition) is 9. The fourth-order valence-electron chi connectivity index (χ4n) is 5.72. The van der Waals surface area contributed by atoms with Crippen molar-refractivity contribution >= 4 is 40.6 Å². The fourth-order valence-corrected chi connectivity index (χ4v) is 5.72. The second kappa shape index (κ2) is 25.6. The normalized spacial score (nSPS) is 12.8. The molecule has 0 aliphatic heterocycles. The summed E-state index contributed by atoms with van der Waals surface area (Å²) in [6.07, 6.45) is -0.258. The maximum atomic E-state index is 13.5. The summed E-state index contributed by atoms with van der Waals surface area (Å²) >= 11 is 0. The number of aromatic nitrogens is 1. The number of nitrogens with two attached hydrogens (primary N) is 1. The number of hydrogen-bond donors (Lipinski definition) is 6. The Morgan fingerprint density at radius 2 is 1.50 bits per heavy atom. The molecule has 2 atom stereocenters. The lowest BCUT2D eigenvalue weighted by Crippen LogP contribution is -2.19. The van der Waals surface area contributed by atoms with E-state index in [0.717, 1.165) is 52.7 Å². The Bertz CT molecular complexity index is 2030. The number of nitrogens with zero attached hydrogens (tertiary/aromatic N) is 2. The minimum atomic E-state index is -4.34. The van der Waals surface area contributed by atoms with E-state index in [2.05, 4.69) is 23.6 Å². The molecule has 4 aromatic rings. The molecule has 1 aromatic heterocycles. The van der Waals surface area contributed by atoms with Crippen LogP contribution in [0.2, 0.25) is 0 Å². The summed E-state index contributed by atoms with van der Waals surface area (Å²) in [7, 11) is 1.62. The summed E-state index contributed by atoms with van der Waals surface area (Å²) in [6, 6.07) is 19.3. The van der Waals surface area contributed by atoms with Gasteiger partial charge >= 0.3 is 24.1 Å². The topological polar surface area (TPSA) is 214 Å². The van der Waals surface area contributed by atoms with E-state index < -0.39 is 48.3 Å². The summed E-state index contributed by atoms with van der Waals surface area (Å²) in [5.41, 5.74) is 9.52. The fraction of sp³-hybridized carbons (Fsp3) is 0.349. The number of benzene rings is 3. The van der Waals surface area contributed by atoms with E-state index in [0.29, 0.717) is 43.0 Å². The van der Waals surface area contributed by atoms with Crippen molar-refractivity contribution in [2.75, 3.05) is 26.9 Å². The first-order chi connectivity index (χ1) is 28.4. The number of para-hydroxylation sites is 1. The average molecular weight is 846 g/mol. The molecule has 13 nitrogen and oxygen atoms in total. The van der Waals surface area contributed by atoms with Gasteiger partial charge in [0, 0.05) is 67.0 Å². The Hall–Kier alpha value is -5.88. The van der Waals surface area contributed by atoms with Gasteiger partial charge in [-0.05, 0) is 80.6 Å². The van der Waals surface area contributed by atoms with E-state index in [4.69, 9.17) is 30.6 Å². The number of methoxy groups -OCH3 is 1. The van der Waals surface area contributed by atoms with Crippen LogP contribution < -0.4 is 5.73 Å². The van der Waals surface area contributed by atoms with Gasteiger partial charge in [0.2, 0.25) is 0 Å². The molecule has 0 bridgehead atoms. The largest absolute Gasteiger partial charge is 0.481 e. The van der Waals surface area contributed by atoms with Crippen LogP contribution in [0.4, 0.5) is 17.6 Å². The highest BCUT2D eigenvalue weighted by Crippen LogP contribution is 2.38. The molecule has 4 rings (SSSR count). The zero-order valence-electron chi connectivity index (χ0n) is 33.4. The number of carboxylic acids is 3. The van der Waals surface area contributed by atoms with Crippen molar-refractivity contribution in [3.05, 3.63) is 114 Å². The summed E-state index contributed by atoms with van der Waals surface area (Å²) in [5.74, 6) is -3.94. The third-order valence-corrected chi connectivity index (χ3v) is 8.31. The number of aliphatic hydroxyl groups is 2. The number of carboxylic acid groups (broad SMARTS) is 3. The summed E-state index contributed by atoms with van der Waals surface area (Å²) in [6.45, 7) is 5.34. The molecule has 326 valence electrons. The first kappa shape index (κ1) is 50.3. The standard InChI is InChI=1S/C24H26FNO4.C15H21F3N2O2.C4H4O4/c1-15(2)26-21-6-4-3-5-20(21)24(16-7-9-17(25)10-8-16)22(26)12-11-18(27)13-19(28)14-23(29)30;1-21-10-3-2-4-14(20-22-11-9-19)12-5-7-13(8-6-12)15(16,17)18;5-3(6)1-2-4(7)8/h3-12,15,18-19,27-28H,13-14H2,1-2H3,(H,29,30);5-8H,2-4,9-11,19H2,1H3;1-2H,(H,5,6)(H,7,8)/b12-11+;20-14+;2-1-/t18-,19-;;/m1../s1. The van der Waals surface area contributed by atoms with Crippen molar-refractivity contribution in [2.24, 2.45) is 10.9 Å². The molecule has 0 radical (unpaired) electrons. The van der Waals surface area contributed by atoms with E-state index in [1.807, 2.05) is 24.3 Å². The molecule has 17 heteroatoms. The molecule has 3 aromatic carbocycles. The third kappa shape index (κ3) is 17.5. The third-order valence-electron chi connectivity index (χ3n) is 8.31. The molecule has 0 saturated heterocycles. The summed E-state index contributed by atoms with van der Waals surface area (Å²) in [4.78, 5) is 34.9. The van der Waals surface area contributed by atoms with Gasteiger partial charge in [0.1, 0.15) is 12.4 Å². The second-order valence-corrected chi connectivity index (χ2v) is 13.4. The molecule has 0 saturated carbocycles. The molecule has 0 amide bonds. The number of carbonyl (C=O) groups is 3. The molecule has 0 spiro atoms. The van der Waals surface area contributed by atoms with Gasteiger partial charge in [0.25, 0.3) is 0 Å². The Labute approximate surface area is 344 Å². The number of aliphatic carboxylic acids is 3. The maximum absolute atomic E-state index is 13.5. The molecule has 60 heavy (non-hydrogen) atoms. The van der Waals surface area contributed by atoms with Crippen molar-refractivity contribution in [3.63, 3.8) is 0 Å². The van der Waals surface area contributed by atoms with E-state index in [1.165, 1.54) is 24.3 Å². The Balaban J connectivity index is 0.000000362. The molecule has 1 heterocycles. The molecule has 0 fully saturated rings. The number of aliphatic hydroxyl groups excluding tert-OH is 2. The van der Waals surface area contributed by atoms with Gasteiger partial charge in [-0.25, -0.2) is 14.0 Å². The molecule has 0 unspecified atom stereocenters. The molecule has 0 aliphatic rings. The summed E-state index contributed by atoms with van der Waals surface area (Å²) < 4.78 is 58.3. The molecule has 0 aliphatic carbocycles. The number of oxime groups is 1. The van der Waals surface area contributed by atoms with Crippen LogP contribution in [-0.4, -0.2) is 92.8 Å². The van der Waals surface area contributed by atoms with Gasteiger partial charge in [-0.1, -0.05) is 53.7 Å². The number of rotatable bonds is 19. The monoisotopic (exact) mass is 845 g/mol. The Morgan fingerprint density at radius 3 is 2.03 bits per heavy atom. The predicted molar refractivity (Wildman–Crippen MR) is 219 cm³/mol. The van der Waals surface area contributed by atoms with Gasteiger partial charge < -0.3 is 45.4 Å². The van der Waals surface area contributed by atoms with Crippen molar-refractivity contribution < 1.29 is 67.1 Å². The number of fused-ring (bicyclic) bond motifs is 1. The molecular formula is C43H51F4N3O10. The number of unbranched alkanes of at least 4 members (excludes halogenated alkanes) is 1. The highest BCUT2D eigenvalue weighted by Gasteiger charge is 2.30. The van der Waals surface area contributed by atoms with E-state index in [9.17, 15) is 42.2 Å². The molecule has 7 N–H and O–H groups in total. The first-order valence-corrected chi connectivity index (χ1v) is 18.7. The van der Waals surface area contributed by atoms with E-state index >= 15 is 0 Å². The SMILES string of the molecule is CC(C)n1c(/C=C/[C@@H](O)C[C@@H](O)CC(=O)O)c(-c2ccc(F)cc2)c2ccccc21.COCCCC/C(=N\OCCN)c1ccc(C(F)(F)F)cc1.O=C(O)/C=C\C(=O)O. The minimum Gasteiger partial charge on any atom is -0.481 e. The highest BCUT2D eigenvalue weighted by atomic mass is 19.4. The van der Waals surface area contributed by atoms with Crippen LogP contribution in [0.3, 0.4) is 0 Å². The van der Waals surface area contributed by atoms with E-state index in [1.54, 1.807) is 31.4 Å². The van der Waals surface area contributed by atoms with Gasteiger partial charge in [0.05, 0.1) is 29.9 Å². The quantitative estimate of drug-likeness (QED) is 0.0178. The van der Waals surface area contributed by atoms with Gasteiger partial charge in [-0.2, -0.15) is 13.2 Å². The van der Waals surface area contributed by atoms with Crippen molar-refractivity contribution in [2.45, 2.75) is 70.4 Å². The predicted octanol–water partition coefficient (Wildman–Crippen LogP) is 7.54. The molecular weight excluding hydrogens is 794 g/mol. The minimum absolute atomic E-state index is 0.0728. The maximum Gasteiger partial charge on any atom is 0.416 e.